The van der Waals surface area contributed by atoms with Crippen molar-refractivity contribution < 1.29 is 4.79 Å². The Labute approximate surface area is 99.6 Å². The molecule has 0 aliphatic carbocycles. The predicted octanol–water partition coefficient (Wildman–Crippen LogP) is 1.88. The number of carbonyl (C=O) groups is 1. The van der Waals surface area contributed by atoms with Crippen LogP contribution in [0.25, 0.3) is 0 Å². The molecule has 0 bridgehead atoms. The van der Waals surface area contributed by atoms with Crippen LogP contribution in [0.1, 0.15) is 40.0 Å². The van der Waals surface area contributed by atoms with Gasteiger partial charge < -0.3 is 10.2 Å². The minimum Gasteiger partial charge on any atom is -0.345 e. The van der Waals surface area contributed by atoms with Gasteiger partial charge in [-0.2, -0.15) is 0 Å². The van der Waals surface area contributed by atoms with E-state index in [1.807, 2.05) is 11.9 Å². The zero-order valence-electron chi connectivity index (χ0n) is 11.2. The Morgan fingerprint density at radius 2 is 1.88 bits per heavy atom. The van der Waals surface area contributed by atoms with Crippen LogP contribution in [0.2, 0.25) is 0 Å². The standard InChI is InChI=1S/C13H26N2O/c1-13(2,3)9-12(16)15(4)10-11-5-7-14-8-6-11/h11,14H,5-10H2,1-4H3. The molecule has 0 spiro atoms. The Kier molecular flexibility index (Phi) is 4.78. The monoisotopic (exact) mass is 226 g/mol. The minimum atomic E-state index is 0.0967. The lowest BCUT2D eigenvalue weighted by atomic mass is 9.91. The molecular formula is C13H26N2O. The second-order valence-electron chi connectivity index (χ2n) is 6.21. The van der Waals surface area contributed by atoms with E-state index in [9.17, 15) is 4.79 Å². The molecule has 0 unspecified atom stereocenters. The van der Waals surface area contributed by atoms with Gasteiger partial charge in [-0.15, -0.1) is 0 Å². The Balaban J connectivity index is 2.33. The van der Waals surface area contributed by atoms with Crippen molar-refractivity contribution in [2.75, 3.05) is 26.7 Å². The van der Waals surface area contributed by atoms with Gasteiger partial charge in [-0.1, -0.05) is 20.8 Å². The summed E-state index contributed by atoms with van der Waals surface area (Å²) in [6.07, 6.45) is 3.05. The van der Waals surface area contributed by atoms with Crippen LogP contribution in [0.3, 0.4) is 0 Å². The maximum Gasteiger partial charge on any atom is 0.222 e. The second-order valence-corrected chi connectivity index (χ2v) is 6.21. The first-order valence-corrected chi connectivity index (χ1v) is 6.33. The lowest BCUT2D eigenvalue weighted by Gasteiger charge is -2.29. The van der Waals surface area contributed by atoms with E-state index < -0.39 is 0 Å². The fourth-order valence-electron chi connectivity index (χ4n) is 2.14. The lowest BCUT2D eigenvalue weighted by Crippen LogP contribution is -2.38. The number of piperidine rings is 1. The molecule has 1 N–H and O–H groups in total. The van der Waals surface area contributed by atoms with Gasteiger partial charge in [0.1, 0.15) is 0 Å². The minimum absolute atomic E-state index is 0.0967. The van der Waals surface area contributed by atoms with Crippen LogP contribution in [0, 0.1) is 11.3 Å². The van der Waals surface area contributed by atoms with Crippen LogP contribution in [0.4, 0.5) is 0 Å². The average molecular weight is 226 g/mol. The van der Waals surface area contributed by atoms with Crippen molar-refractivity contribution in [3.8, 4) is 0 Å². The molecular weight excluding hydrogens is 200 g/mol. The number of nitrogens with one attached hydrogen (secondary N) is 1. The molecule has 0 radical (unpaired) electrons. The van der Waals surface area contributed by atoms with Crippen LogP contribution in [-0.2, 0) is 4.79 Å². The first-order chi connectivity index (χ1) is 7.38. The second kappa shape index (κ2) is 5.67. The SMILES string of the molecule is CN(CC1CCNCC1)C(=O)CC(C)(C)C. The first kappa shape index (κ1) is 13.5. The van der Waals surface area contributed by atoms with E-state index in [4.69, 9.17) is 0 Å². The summed E-state index contributed by atoms with van der Waals surface area (Å²) in [5, 5.41) is 3.35. The molecule has 1 amide bonds. The van der Waals surface area contributed by atoms with Crippen molar-refractivity contribution in [2.45, 2.75) is 40.0 Å². The molecule has 1 aliphatic rings. The third-order valence-corrected chi connectivity index (χ3v) is 3.10. The highest BCUT2D eigenvalue weighted by Gasteiger charge is 2.21. The van der Waals surface area contributed by atoms with Gasteiger partial charge in [0.25, 0.3) is 0 Å². The fraction of sp³-hybridized carbons (Fsp3) is 0.923. The molecule has 0 aromatic rings. The Hall–Kier alpha value is -0.570. The van der Waals surface area contributed by atoms with Crippen molar-refractivity contribution in [3.63, 3.8) is 0 Å². The summed E-state index contributed by atoms with van der Waals surface area (Å²) >= 11 is 0. The quantitative estimate of drug-likeness (QED) is 0.797. The van der Waals surface area contributed by atoms with E-state index >= 15 is 0 Å². The van der Waals surface area contributed by atoms with Crippen molar-refractivity contribution in [1.29, 1.82) is 0 Å². The van der Waals surface area contributed by atoms with Crippen LogP contribution in [-0.4, -0.2) is 37.5 Å². The number of amides is 1. The summed E-state index contributed by atoms with van der Waals surface area (Å²) in [6, 6.07) is 0. The normalized spacial score (nSPS) is 18.5. The van der Waals surface area contributed by atoms with Crippen molar-refractivity contribution in [3.05, 3.63) is 0 Å². The Morgan fingerprint density at radius 3 is 2.38 bits per heavy atom. The van der Waals surface area contributed by atoms with Crippen molar-refractivity contribution in [1.82, 2.24) is 10.2 Å². The summed E-state index contributed by atoms with van der Waals surface area (Å²) in [4.78, 5) is 13.9. The molecule has 94 valence electrons. The van der Waals surface area contributed by atoms with Gasteiger partial charge >= 0.3 is 0 Å². The molecule has 3 nitrogen and oxygen atoms in total. The smallest absolute Gasteiger partial charge is 0.222 e. The summed E-state index contributed by atoms with van der Waals surface area (Å²) in [7, 11) is 1.94. The number of hydrogen-bond acceptors (Lipinski definition) is 2. The molecule has 1 saturated heterocycles. The Morgan fingerprint density at radius 1 is 1.31 bits per heavy atom. The van der Waals surface area contributed by atoms with E-state index in [1.54, 1.807) is 0 Å². The van der Waals surface area contributed by atoms with Crippen molar-refractivity contribution in [2.24, 2.45) is 11.3 Å². The van der Waals surface area contributed by atoms with E-state index in [0.29, 0.717) is 12.3 Å². The zero-order chi connectivity index (χ0) is 12.2. The van der Waals surface area contributed by atoms with E-state index in [0.717, 1.165) is 19.6 Å². The van der Waals surface area contributed by atoms with E-state index in [1.165, 1.54) is 12.8 Å². The molecule has 16 heavy (non-hydrogen) atoms. The average Bonchev–Trinajstić information content (AvgIpc) is 2.16. The molecule has 0 atom stereocenters. The summed E-state index contributed by atoms with van der Waals surface area (Å²) < 4.78 is 0. The van der Waals surface area contributed by atoms with Crippen LogP contribution in [0.5, 0.6) is 0 Å². The highest BCUT2D eigenvalue weighted by atomic mass is 16.2. The predicted molar refractivity (Wildman–Crippen MR) is 67.3 cm³/mol. The topological polar surface area (TPSA) is 32.3 Å². The third kappa shape index (κ3) is 4.97. The van der Waals surface area contributed by atoms with Crippen LogP contribution < -0.4 is 5.32 Å². The van der Waals surface area contributed by atoms with Crippen LogP contribution >= 0.6 is 0 Å². The summed E-state index contributed by atoms with van der Waals surface area (Å²) in [5.41, 5.74) is 0.0967. The van der Waals surface area contributed by atoms with Gasteiger partial charge in [-0.05, 0) is 37.3 Å². The Bertz CT molecular complexity index is 227. The zero-order valence-corrected chi connectivity index (χ0v) is 11.2. The highest BCUT2D eigenvalue weighted by Crippen LogP contribution is 2.20. The number of hydrogen-bond donors (Lipinski definition) is 1. The van der Waals surface area contributed by atoms with Crippen LogP contribution in [0.15, 0.2) is 0 Å². The maximum atomic E-state index is 11.9. The fourth-order valence-corrected chi connectivity index (χ4v) is 2.14. The van der Waals surface area contributed by atoms with Gasteiger partial charge in [0.05, 0.1) is 0 Å². The molecule has 3 heteroatoms. The molecule has 1 fully saturated rings. The molecule has 1 heterocycles. The molecule has 1 rings (SSSR count). The van der Waals surface area contributed by atoms with Gasteiger partial charge in [0, 0.05) is 20.0 Å². The summed E-state index contributed by atoms with van der Waals surface area (Å²) in [5.74, 6) is 0.973. The third-order valence-electron chi connectivity index (χ3n) is 3.10. The molecule has 0 aromatic carbocycles. The van der Waals surface area contributed by atoms with Gasteiger partial charge in [0.15, 0.2) is 0 Å². The summed E-state index contributed by atoms with van der Waals surface area (Å²) in [6.45, 7) is 9.48. The largest absolute Gasteiger partial charge is 0.345 e. The molecule has 0 aromatic heterocycles. The first-order valence-electron chi connectivity index (χ1n) is 6.33. The number of carbonyl (C=O) groups excluding carboxylic acids is 1. The van der Waals surface area contributed by atoms with Crippen molar-refractivity contribution >= 4 is 5.91 Å². The van der Waals surface area contributed by atoms with Gasteiger partial charge in [-0.25, -0.2) is 0 Å². The van der Waals surface area contributed by atoms with E-state index in [2.05, 4.69) is 26.1 Å². The lowest BCUT2D eigenvalue weighted by molar-refractivity contribution is -0.132. The van der Waals surface area contributed by atoms with E-state index in [-0.39, 0.29) is 11.3 Å². The molecule has 1 aliphatic heterocycles. The number of rotatable bonds is 3. The van der Waals surface area contributed by atoms with Gasteiger partial charge in [-0.3, -0.25) is 4.79 Å². The highest BCUT2D eigenvalue weighted by molar-refractivity contribution is 5.76. The molecule has 0 saturated carbocycles. The number of nitrogens with zero attached hydrogens (tertiary/aromatic N) is 1. The maximum absolute atomic E-state index is 11.9. The van der Waals surface area contributed by atoms with Gasteiger partial charge in [0.2, 0.25) is 5.91 Å².